The fourth-order valence-corrected chi connectivity index (χ4v) is 1.54. The Bertz CT molecular complexity index is 491. The zero-order valence-corrected chi connectivity index (χ0v) is 8.94. The van der Waals surface area contributed by atoms with Gasteiger partial charge in [-0.1, -0.05) is 36.4 Å². The molecule has 0 atom stereocenters. The van der Waals surface area contributed by atoms with E-state index in [0.717, 1.165) is 18.8 Å². The number of rotatable bonds is 4. The van der Waals surface area contributed by atoms with Crippen LogP contribution in [0, 0.1) is 0 Å². The Balaban J connectivity index is 1.87. The van der Waals surface area contributed by atoms with Crippen molar-refractivity contribution in [1.29, 1.82) is 0 Å². The van der Waals surface area contributed by atoms with E-state index in [-0.39, 0.29) is 5.56 Å². The van der Waals surface area contributed by atoms with E-state index in [9.17, 15) is 4.79 Å². The van der Waals surface area contributed by atoms with Crippen LogP contribution < -0.4 is 10.9 Å². The summed E-state index contributed by atoms with van der Waals surface area (Å²) in [6.07, 6.45) is 0.942. The molecule has 82 valence electrons. The molecule has 1 aromatic heterocycles. The summed E-state index contributed by atoms with van der Waals surface area (Å²) in [5, 5.41) is 3.18. The fraction of sp³-hybridized carbons (Fsp3) is 0.154. The molecule has 0 fully saturated rings. The lowest BCUT2D eigenvalue weighted by atomic mass is 10.1. The molecule has 16 heavy (non-hydrogen) atoms. The number of anilines is 1. The first-order chi connectivity index (χ1) is 7.84. The number of aromatic amines is 1. The molecule has 2 rings (SSSR count). The summed E-state index contributed by atoms with van der Waals surface area (Å²) in [6, 6.07) is 15.3. The summed E-state index contributed by atoms with van der Waals surface area (Å²) in [5.74, 6) is 0.767. The van der Waals surface area contributed by atoms with Gasteiger partial charge >= 0.3 is 0 Å². The van der Waals surface area contributed by atoms with Crippen molar-refractivity contribution in [2.75, 3.05) is 11.9 Å². The second-order valence-electron chi connectivity index (χ2n) is 3.59. The van der Waals surface area contributed by atoms with Crippen molar-refractivity contribution < 1.29 is 0 Å². The molecule has 0 aliphatic carbocycles. The van der Waals surface area contributed by atoms with Gasteiger partial charge in [0.25, 0.3) is 0 Å². The van der Waals surface area contributed by atoms with Gasteiger partial charge in [-0.3, -0.25) is 4.79 Å². The predicted molar refractivity (Wildman–Crippen MR) is 65.7 cm³/mol. The third-order valence-electron chi connectivity index (χ3n) is 2.34. The quantitative estimate of drug-likeness (QED) is 0.818. The van der Waals surface area contributed by atoms with E-state index in [2.05, 4.69) is 22.4 Å². The van der Waals surface area contributed by atoms with E-state index in [4.69, 9.17) is 0 Å². The highest BCUT2D eigenvalue weighted by molar-refractivity contribution is 5.33. The highest BCUT2D eigenvalue weighted by atomic mass is 16.1. The molecule has 1 heterocycles. The third-order valence-corrected chi connectivity index (χ3v) is 2.34. The minimum Gasteiger partial charge on any atom is -0.371 e. The SMILES string of the molecule is O=c1cccc(NCCc2ccccc2)[nH]1. The van der Waals surface area contributed by atoms with Gasteiger partial charge in [-0.05, 0) is 18.1 Å². The smallest absolute Gasteiger partial charge is 0.249 e. The Morgan fingerprint density at radius 1 is 1.00 bits per heavy atom. The molecular formula is C13H14N2O. The van der Waals surface area contributed by atoms with E-state index in [1.54, 1.807) is 6.07 Å². The zero-order valence-electron chi connectivity index (χ0n) is 8.94. The Morgan fingerprint density at radius 2 is 1.81 bits per heavy atom. The number of pyridine rings is 1. The number of aromatic nitrogens is 1. The largest absolute Gasteiger partial charge is 0.371 e. The second kappa shape index (κ2) is 5.16. The number of nitrogens with one attached hydrogen (secondary N) is 2. The van der Waals surface area contributed by atoms with Crippen LogP contribution in [0.1, 0.15) is 5.56 Å². The first-order valence-electron chi connectivity index (χ1n) is 5.32. The van der Waals surface area contributed by atoms with Crippen LogP contribution >= 0.6 is 0 Å². The van der Waals surface area contributed by atoms with Crippen LogP contribution in [0.5, 0.6) is 0 Å². The number of hydrogen-bond acceptors (Lipinski definition) is 2. The van der Waals surface area contributed by atoms with E-state index in [0.29, 0.717) is 0 Å². The van der Waals surface area contributed by atoms with Gasteiger partial charge in [-0.15, -0.1) is 0 Å². The van der Waals surface area contributed by atoms with Crippen molar-refractivity contribution in [1.82, 2.24) is 4.98 Å². The second-order valence-corrected chi connectivity index (χ2v) is 3.59. The molecule has 3 nitrogen and oxygen atoms in total. The molecule has 3 heteroatoms. The van der Waals surface area contributed by atoms with Crippen LogP contribution in [0.4, 0.5) is 5.82 Å². The minimum atomic E-state index is -0.0790. The van der Waals surface area contributed by atoms with Crippen LogP contribution in [0.2, 0.25) is 0 Å². The van der Waals surface area contributed by atoms with Crippen molar-refractivity contribution in [3.8, 4) is 0 Å². The Hall–Kier alpha value is -2.03. The highest BCUT2D eigenvalue weighted by Crippen LogP contribution is 2.01. The van der Waals surface area contributed by atoms with Crippen molar-refractivity contribution in [2.45, 2.75) is 6.42 Å². The van der Waals surface area contributed by atoms with Gasteiger partial charge in [-0.25, -0.2) is 0 Å². The predicted octanol–water partition coefficient (Wildman–Crippen LogP) is 2.03. The zero-order chi connectivity index (χ0) is 11.2. The van der Waals surface area contributed by atoms with Crippen LogP contribution in [-0.2, 0) is 6.42 Å². The van der Waals surface area contributed by atoms with Gasteiger partial charge in [0.15, 0.2) is 0 Å². The first kappa shape index (κ1) is 10.5. The Labute approximate surface area is 94.1 Å². The highest BCUT2D eigenvalue weighted by Gasteiger charge is 1.93. The summed E-state index contributed by atoms with van der Waals surface area (Å²) in [4.78, 5) is 13.8. The molecule has 2 aromatic rings. The van der Waals surface area contributed by atoms with Crippen molar-refractivity contribution in [2.24, 2.45) is 0 Å². The normalized spacial score (nSPS) is 10.0. The summed E-state index contributed by atoms with van der Waals surface area (Å²) in [5.41, 5.74) is 1.21. The number of H-pyrrole nitrogens is 1. The molecule has 2 N–H and O–H groups in total. The van der Waals surface area contributed by atoms with Crippen LogP contribution in [0.25, 0.3) is 0 Å². The molecule has 0 bridgehead atoms. The van der Waals surface area contributed by atoms with Gasteiger partial charge in [0, 0.05) is 12.6 Å². The topological polar surface area (TPSA) is 44.9 Å². The van der Waals surface area contributed by atoms with Gasteiger partial charge in [-0.2, -0.15) is 0 Å². The summed E-state index contributed by atoms with van der Waals surface area (Å²) in [6.45, 7) is 0.809. The Morgan fingerprint density at radius 3 is 2.56 bits per heavy atom. The molecular weight excluding hydrogens is 200 g/mol. The molecule has 0 unspecified atom stereocenters. The average Bonchev–Trinajstić information content (AvgIpc) is 2.30. The third kappa shape index (κ3) is 2.98. The van der Waals surface area contributed by atoms with Crippen LogP contribution in [-0.4, -0.2) is 11.5 Å². The van der Waals surface area contributed by atoms with E-state index in [1.807, 2.05) is 24.3 Å². The van der Waals surface area contributed by atoms with E-state index in [1.165, 1.54) is 11.6 Å². The summed E-state index contributed by atoms with van der Waals surface area (Å²) < 4.78 is 0. The molecule has 0 spiro atoms. The lowest BCUT2D eigenvalue weighted by molar-refractivity contribution is 1.00. The molecule has 1 aromatic carbocycles. The van der Waals surface area contributed by atoms with Gasteiger partial charge in [0.05, 0.1) is 0 Å². The minimum absolute atomic E-state index is 0.0790. The van der Waals surface area contributed by atoms with Crippen molar-refractivity contribution >= 4 is 5.82 Å². The van der Waals surface area contributed by atoms with E-state index < -0.39 is 0 Å². The van der Waals surface area contributed by atoms with Crippen LogP contribution in [0.15, 0.2) is 53.3 Å². The summed E-state index contributed by atoms with van der Waals surface area (Å²) >= 11 is 0. The number of benzene rings is 1. The maximum Gasteiger partial charge on any atom is 0.249 e. The van der Waals surface area contributed by atoms with Crippen molar-refractivity contribution in [3.63, 3.8) is 0 Å². The lowest BCUT2D eigenvalue weighted by Gasteiger charge is -2.05. The molecule has 0 radical (unpaired) electrons. The maximum atomic E-state index is 11.0. The van der Waals surface area contributed by atoms with Crippen LogP contribution in [0.3, 0.4) is 0 Å². The van der Waals surface area contributed by atoms with Gasteiger partial charge < -0.3 is 10.3 Å². The van der Waals surface area contributed by atoms with Gasteiger partial charge in [0.1, 0.15) is 5.82 Å². The van der Waals surface area contributed by atoms with Crippen molar-refractivity contribution in [3.05, 3.63) is 64.4 Å². The lowest BCUT2D eigenvalue weighted by Crippen LogP contribution is -2.11. The fourth-order valence-electron chi connectivity index (χ4n) is 1.54. The average molecular weight is 214 g/mol. The Kier molecular flexibility index (Phi) is 3.38. The molecule has 0 saturated carbocycles. The molecule has 0 saturated heterocycles. The number of hydrogen-bond donors (Lipinski definition) is 2. The molecule has 0 amide bonds. The van der Waals surface area contributed by atoms with Gasteiger partial charge in [0.2, 0.25) is 5.56 Å². The maximum absolute atomic E-state index is 11.0. The molecule has 0 aliphatic rings. The standard InChI is InChI=1S/C13H14N2O/c16-13-8-4-7-12(15-13)14-10-9-11-5-2-1-3-6-11/h1-8H,9-10H2,(H2,14,15,16). The monoisotopic (exact) mass is 214 g/mol. The molecule has 0 aliphatic heterocycles. The first-order valence-corrected chi connectivity index (χ1v) is 5.32. The summed E-state index contributed by atoms with van der Waals surface area (Å²) in [7, 11) is 0. The van der Waals surface area contributed by atoms with E-state index >= 15 is 0 Å².